The van der Waals surface area contributed by atoms with E-state index in [9.17, 15) is 9.90 Å². The quantitative estimate of drug-likeness (QED) is 0.799. The Morgan fingerprint density at radius 3 is 2.94 bits per heavy atom. The lowest BCUT2D eigenvalue weighted by Crippen LogP contribution is -2.31. The Balaban J connectivity index is 2.10. The molecule has 0 aliphatic heterocycles. The van der Waals surface area contributed by atoms with Crippen molar-refractivity contribution in [1.29, 1.82) is 0 Å². The van der Waals surface area contributed by atoms with E-state index in [0.29, 0.717) is 11.5 Å². The second-order valence-corrected chi connectivity index (χ2v) is 3.42. The molecule has 17 heavy (non-hydrogen) atoms. The van der Waals surface area contributed by atoms with Gasteiger partial charge in [0, 0.05) is 0 Å². The van der Waals surface area contributed by atoms with Crippen LogP contribution in [0.4, 0.5) is 0 Å². The van der Waals surface area contributed by atoms with E-state index in [1.165, 1.54) is 6.26 Å². The van der Waals surface area contributed by atoms with E-state index in [0.717, 1.165) is 0 Å². The normalized spacial score (nSPS) is 12.4. The zero-order valence-corrected chi connectivity index (χ0v) is 9.08. The molecule has 0 radical (unpaired) electrons. The Bertz CT molecular complexity index is 491. The van der Waals surface area contributed by atoms with Gasteiger partial charge in [-0.05, 0) is 24.2 Å². The number of rotatable bonds is 4. The molecule has 0 saturated heterocycles. The smallest absolute Gasteiger partial charge is 0.276 e. The topological polar surface area (TPSA) is 101 Å². The van der Waals surface area contributed by atoms with Gasteiger partial charge in [0.15, 0.2) is 5.69 Å². The minimum absolute atomic E-state index is 0.0926. The lowest BCUT2D eigenvalue weighted by atomic mass is 10.2. The van der Waals surface area contributed by atoms with Gasteiger partial charge in [-0.1, -0.05) is 5.16 Å². The number of hydrogen-bond acceptors (Lipinski definition) is 6. The molecule has 0 aromatic carbocycles. The van der Waals surface area contributed by atoms with Gasteiger partial charge in [-0.25, -0.2) is 4.63 Å². The number of aromatic nitrogens is 2. The summed E-state index contributed by atoms with van der Waals surface area (Å²) in [6.07, 6.45) is 1.47. The van der Waals surface area contributed by atoms with E-state index in [-0.39, 0.29) is 12.3 Å². The summed E-state index contributed by atoms with van der Waals surface area (Å²) in [7, 11) is 0. The van der Waals surface area contributed by atoms with Crippen LogP contribution in [0, 0.1) is 6.92 Å². The third-order valence-corrected chi connectivity index (χ3v) is 2.24. The Labute approximate surface area is 96.4 Å². The first-order valence-electron chi connectivity index (χ1n) is 4.96. The molecule has 2 aromatic rings. The highest BCUT2D eigenvalue weighted by atomic mass is 16.6. The Kier molecular flexibility index (Phi) is 3.20. The number of aryl methyl sites for hydroxylation is 1. The molecule has 1 amide bonds. The van der Waals surface area contributed by atoms with Crippen molar-refractivity contribution in [1.82, 2.24) is 15.6 Å². The molecule has 2 aromatic heterocycles. The zero-order chi connectivity index (χ0) is 12.3. The molecule has 0 aliphatic carbocycles. The molecule has 2 rings (SSSR count). The fraction of sp³-hybridized carbons (Fsp3) is 0.300. The molecule has 1 unspecified atom stereocenters. The Hall–Kier alpha value is -2.15. The van der Waals surface area contributed by atoms with Crippen molar-refractivity contribution >= 4 is 5.91 Å². The van der Waals surface area contributed by atoms with Gasteiger partial charge in [-0.3, -0.25) is 4.79 Å². The third-order valence-electron chi connectivity index (χ3n) is 2.24. The van der Waals surface area contributed by atoms with Crippen molar-refractivity contribution in [3.8, 4) is 0 Å². The predicted octanol–water partition coefficient (Wildman–Crippen LogP) is 0.434. The lowest BCUT2D eigenvalue weighted by molar-refractivity contribution is 0.0897. The van der Waals surface area contributed by atoms with Crippen LogP contribution in [0.5, 0.6) is 0 Å². The van der Waals surface area contributed by atoms with Crippen molar-refractivity contribution in [2.24, 2.45) is 0 Å². The SMILES string of the molecule is Cc1nonc1C(=O)NC(CO)c1ccco1. The molecule has 0 spiro atoms. The van der Waals surface area contributed by atoms with Crippen LogP contribution in [0.25, 0.3) is 0 Å². The first kappa shape index (κ1) is 11.3. The number of nitrogens with zero attached hydrogens (tertiary/aromatic N) is 2. The highest BCUT2D eigenvalue weighted by molar-refractivity contribution is 5.93. The summed E-state index contributed by atoms with van der Waals surface area (Å²) in [5, 5.41) is 18.7. The van der Waals surface area contributed by atoms with Crippen LogP contribution in [0.3, 0.4) is 0 Å². The predicted molar refractivity (Wildman–Crippen MR) is 55.0 cm³/mol. The molecule has 90 valence electrons. The first-order valence-corrected chi connectivity index (χ1v) is 4.96. The largest absolute Gasteiger partial charge is 0.467 e. The van der Waals surface area contributed by atoms with Crippen LogP contribution >= 0.6 is 0 Å². The average Bonchev–Trinajstić information content (AvgIpc) is 2.96. The molecule has 2 heterocycles. The zero-order valence-electron chi connectivity index (χ0n) is 9.08. The second kappa shape index (κ2) is 4.79. The van der Waals surface area contributed by atoms with Gasteiger partial charge in [-0.15, -0.1) is 0 Å². The molecule has 0 saturated carbocycles. The standard InChI is InChI=1S/C10H11N3O4/c1-6-9(13-17-12-6)10(15)11-7(5-14)8-3-2-4-16-8/h2-4,7,14H,5H2,1H3,(H,11,15). The summed E-state index contributed by atoms with van der Waals surface area (Å²) >= 11 is 0. The maximum absolute atomic E-state index is 11.8. The van der Waals surface area contributed by atoms with Crippen LogP contribution in [0.2, 0.25) is 0 Å². The Morgan fingerprint density at radius 1 is 1.59 bits per heavy atom. The van der Waals surface area contributed by atoms with Gasteiger partial charge in [0.1, 0.15) is 17.5 Å². The summed E-state index contributed by atoms with van der Waals surface area (Å²) in [6, 6.07) is 2.72. The van der Waals surface area contributed by atoms with E-state index >= 15 is 0 Å². The molecule has 7 heteroatoms. The molecule has 0 fully saturated rings. The second-order valence-electron chi connectivity index (χ2n) is 3.42. The van der Waals surface area contributed by atoms with Crippen molar-refractivity contribution in [2.45, 2.75) is 13.0 Å². The molecule has 1 atom stereocenters. The van der Waals surface area contributed by atoms with Crippen LogP contribution in [-0.4, -0.2) is 27.9 Å². The number of carbonyl (C=O) groups excluding carboxylic acids is 1. The lowest BCUT2D eigenvalue weighted by Gasteiger charge is -2.12. The number of aliphatic hydroxyl groups is 1. The van der Waals surface area contributed by atoms with Gasteiger partial charge in [0.2, 0.25) is 0 Å². The molecule has 0 bridgehead atoms. The number of furan rings is 1. The highest BCUT2D eigenvalue weighted by Crippen LogP contribution is 2.13. The van der Waals surface area contributed by atoms with E-state index in [2.05, 4.69) is 20.3 Å². The number of nitrogens with one attached hydrogen (secondary N) is 1. The van der Waals surface area contributed by atoms with Crippen molar-refractivity contribution < 1.29 is 18.9 Å². The molecule has 0 aliphatic rings. The summed E-state index contributed by atoms with van der Waals surface area (Å²) in [5.74, 6) is -0.00541. The third kappa shape index (κ3) is 2.34. The first-order chi connectivity index (χ1) is 8.22. The van der Waals surface area contributed by atoms with E-state index < -0.39 is 11.9 Å². The van der Waals surface area contributed by atoms with Gasteiger partial charge in [-0.2, -0.15) is 0 Å². The maximum atomic E-state index is 11.8. The molecular formula is C10H11N3O4. The van der Waals surface area contributed by atoms with Crippen molar-refractivity contribution in [3.63, 3.8) is 0 Å². The fourth-order valence-electron chi connectivity index (χ4n) is 1.36. The van der Waals surface area contributed by atoms with E-state index in [1.807, 2.05) is 0 Å². The van der Waals surface area contributed by atoms with E-state index in [1.54, 1.807) is 19.1 Å². The minimum Gasteiger partial charge on any atom is -0.467 e. The molecule has 7 nitrogen and oxygen atoms in total. The van der Waals surface area contributed by atoms with Gasteiger partial charge in [0.05, 0.1) is 12.9 Å². The molecule has 2 N–H and O–H groups in total. The summed E-state index contributed by atoms with van der Waals surface area (Å²) < 4.78 is 9.53. The number of carbonyl (C=O) groups is 1. The van der Waals surface area contributed by atoms with Gasteiger partial charge < -0.3 is 14.8 Å². The number of amides is 1. The highest BCUT2D eigenvalue weighted by Gasteiger charge is 2.21. The molecular weight excluding hydrogens is 226 g/mol. The van der Waals surface area contributed by atoms with Crippen LogP contribution in [-0.2, 0) is 0 Å². The summed E-state index contributed by atoms with van der Waals surface area (Å²) in [5.41, 5.74) is 0.480. The van der Waals surface area contributed by atoms with Crippen molar-refractivity contribution in [2.75, 3.05) is 6.61 Å². The average molecular weight is 237 g/mol. The van der Waals surface area contributed by atoms with Crippen LogP contribution < -0.4 is 5.32 Å². The number of aliphatic hydroxyl groups excluding tert-OH is 1. The van der Waals surface area contributed by atoms with Gasteiger partial charge >= 0.3 is 0 Å². The van der Waals surface area contributed by atoms with Crippen molar-refractivity contribution in [3.05, 3.63) is 35.5 Å². The van der Waals surface area contributed by atoms with Crippen LogP contribution in [0.15, 0.2) is 27.4 Å². The van der Waals surface area contributed by atoms with Gasteiger partial charge in [0.25, 0.3) is 5.91 Å². The Morgan fingerprint density at radius 2 is 2.41 bits per heavy atom. The summed E-state index contributed by atoms with van der Waals surface area (Å²) in [6.45, 7) is 1.33. The van der Waals surface area contributed by atoms with E-state index in [4.69, 9.17) is 4.42 Å². The monoisotopic (exact) mass is 237 g/mol. The fourth-order valence-corrected chi connectivity index (χ4v) is 1.36. The van der Waals surface area contributed by atoms with Crippen LogP contribution in [0.1, 0.15) is 28.0 Å². The number of hydrogen-bond donors (Lipinski definition) is 2. The maximum Gasteiger partial charge on any atom is 0.276 e. The minimum atomic E-state index is -0.617. The summed E-state index contributed by atoms with van der Waals surface area (Å²) in [4.78, 5) is 11.8.